The maximum absolute atomic E-state index is 5.44. The molecule has 1 saturated heterocycles. The van der Waals surface area contributed by atoms with Gasteiger partial charge in [0.1, 0.15) is 5.69 Å². The summed E-state index contributed by atoms with van der Waals surface area (Å²) in [6.07, 6.45) is 6.25. The fourth-order valence-electron chi connectivity index (χ4n) is 3.25. The molecule has 0 spiro atoms. The first kappa shape index (κ1) is 14.3. The number of aryl methyl sites for hydroxylation is 1. The minimum absolute atomic E-state index is 0.585. The normalized spacial score (nSPS) is 16.0. The molecule has 1 aromatic carbocycles. The van der Waals surface area contributed by atoms with E-state index in [9.17, 15) is 0 Å². The van der Waals surface area contributed by atoms with Crippen molar-refractivity contribution in [3.63, 3.8) is 0 Å². The van der Waals surface area contributed by atoms with Crippen LogP contribution >= 0.6 is 0 Å². The standard InChI is InChI=1S/C18H20N4O/c1-2-4-15-14(3-1)9-12-20-17(15)18-21-16(23-22-18)6-5-13-7-10-19-11-8-13/h1-4,9,12-13,19H,5-8,10-11H2. The smallest absolute Gasteiger partial charge is 0.227 e. The highest BCUT2D eigenvalue weighted by Gasteiger charge is 2.16. The van der Waals surface area contributed by atoms with Crippen molar-refractivity contribution in [2.24, 2.45) is 5.92 Å². The third-order valence-electron chi connectivity index (χ3n) is 4.58. The Morgan fingerprint density at radius 1 is 1.13 bits per heavy atom. The summed E-state index contributed by atoms with van der Waals surface area (Å²) in [6, 6.07) is 10.1. The quantitative estimate of drug-likeness (QED) is 0.801. The second-order valence-corrected chi connectivity index (χ2v) is 6.12. The van der Waals surface area contributed by atoms with E-state index in [1.165, 1.54) is 12.8 Å². The van der Waals surface area contributed by atoms with Crippen molar-refractivity contribution in [2.75, 3.05) is 13.1 Å². The van der Waals surface area contributed by atoms with E-state index in [1.54, 1.807) is 6.20 Å². The summed E-state index contributed by atoms with van der Waals surface area (Å²) < 4.78 is 5.44. The lowest BCUT2D eigenvalue weighted by Crippen LogP contribution is -2.27. The van der Waals surface area contributed by atoms with Gasteiger partial charge in [-0.15, -0.1) is 0 Å². The van der Waals surface area contributed by atoms with Crippen LogP contribution in [0.4, 0.5) is 0 Å². The van der Waals surface area contributed by atoms with Crippen LogP contribution in [0.2, 0.25) is 0 Å². The fourth-order valence-corrected chi connectivity index (χ4v) is 3.25. The van der Waals surface area contributed by atoms with Gasteiger partial charge >= 0.3 is 0 Å². The molecule has 3 heterocycles. The number of nitrogens with one attached hydrogen (secondary N) is 1. The Labute approximate surface area is 135 Å². The molecule has 118 valence electrons. The van der Waals surface area contributed by atoms with Crippen LogP contribution in [0.25, 0.3) is 22.3 Å². The lowest BCUT2D eigenvalue weighted by atomic mass is 9.93. The molecule has 23 heavy (non-hydrogen) atoms. The Kier molecular flexibility index (Phi) is 4.03. The number of nitrogens with zero attached hydrogens (tertiary/aromatic N) is 3. The van der Waals surface area contributed by atoms with E-state index < -0.39 is 0 Å². The zero-order chi connectivity index (χ0) is 15.5. The maximum Gasteiger partial charge on any atom is 0.227 e. The van der Waals surface area contributed by atoms with E-state index >= 15 is 0 Å². The lowest BCUT2D eigenvalue weighted by Gasteiger charge is -2.21. The number of hydrogen-bond acceptors (Lipinski definition) is 5. The predicted molar refractivity (Wildman–Crippen MR) is 88.9 cm³/mol. The van der Waals surface area contributed by atoms with Gasteiger partial charge in [0.05, 0.1) is 0 Å². The monoisotopic (exact) mass is 308 g/mol. The van der Waals surface area contributed by atoms with Crippen LogP contribution in [0.1, 0.15) is 25.2 Å². The summed E-state index contributed by atoms with van der Waals surface area (Å²) in [6.45, 7) is 2.25. The molecule has 5 heteroatoms. The van der Waals surface area contributed by atoms with E-state index in [1.807, 2.05) is 24.3 Å². The van der Waals surface area contributed by atoms with Crippen molar-refractivity contribution in [1.29, 1.82) is 0 Å². The van der Waals surface area contributed by atoms with Crippen molar-refractivity contribution in [3.05, 3.63) is 42.4 Å². The van der Waals surface area contributed by atoms with Gasteiger partial charge in [0.25, 0.3) is 0 Å². The minimum atomic E-state index is 0.585. The van der Waals surface area contributed by atoms with E-state index in [4.69, 9.17) is 4.52 Å². The van der Waals surface area contributed by atoms with E-state index in [0.29, 0.717) is 11.7 Å². The molecule has 0 bridgehead atoms. The molecule has 4 rings (SSSR count). The van der Waals surface area contributed by atoms with Gasteiger partial charge in [0.15, 0.2) is 0 Å². The summed E-state index contributed by atoms with van der Waals surface area (Å²) in [4.78, 5) is 9.01. The van der Waals surface area contributed by atoms with E-state index in [2.05, 4.69) is 26.5 Å². The van der Waals surface area contributed by atoms with Crippen LogP contribution in [0.15, 0.2) is 41.1 Å². The topological polar surface area (TPSA) is 63.8 Å². The van der Waals surface area contributed by atoms with Gasteiger partial charge in [-0.2, -0.15) is 4.98 Å². The number of piperidine rings is 1. The molecule has 5 nitrogen and oxygen atoms in total. The summed E-state index contributed by atoms with van der Waals surface area (Å²) in [7, 11) is 0. The number of aromatic nitrogens is 3. The number of benzene rings is 1. The molecule has 0 atom stereocenters. The SMILES string of the molecule is c1ccc2c(-c3noc(CCC4CCNCC4)n3)nccc2c1. The fraction of sp³-hybridized carbons (Fsp3) is 0.389. The van der Waals surface area contributed by atoms with Gasteiger partial charge in [-0.05, 0) is 49.7 Å². The highest BCUT2D eigenvalue weighted by molar-refractivity contribution is 5.92. The highest BCUT2D eigenvalue weighted by Crippen LogP contribution is 2.25. The molecule has 1 aliphatic heterocycles. The summed E-state index contributed by atoms with van der Waals surface area (Å²) in [5.41, 5.74) is 0.792. The summed E-state index contributed by atoms with van der Waals surface area (Å²) in [5.74, 6) is 2.07. The van der Waals surface area contributed by atoms with Crippen LogP contribution in [0.3, 0.4) is 0 Å². The van der Waals surface area contributed by atoms with Crippen LogP contribution in [0.5, 0.6) is 0 Å². The van der Waals surface area contributed by atoms with Crippen molar-refractivity contribution in [1.82, 2.24) is 20.4 Å². The molecular formula is C18H20N4O. The van der Waals surface area contributed by atoms with Crippen molar-refractivity contribution >= 4 is 10.8 Å². The number of fused-ring (bicyclic) bond motifs is 1. The average Bonchev–Trinajstić information content (AvgIpc) is 3.09. The first-order valence-corrected chi connectivity index (χ1v) is 8.27. The van der Waals surface area contributed by atoms with Gasteiger partial charge in [-0.25, -0.2) is 0 Å². The predicted octanol–water partition coefficient (Wildman–Crippen LogP) is 3.22. The van der Waals surface area contributed by atoms with Crippen molar-refractivity contribution in [2.45, 2.75) is 25.7 Å². The zero-order valence-corrected chi connectivity index (χ0v) is 13.0. The highest BCUT2D eigenvalue weighted by atomic mass is 16.5. The zero-order valence-electron chi connectivity index (χ0n) is 13.0. The molecule has 0 amide bonds. The first-order chi connectivity index (χ1) is 11.4. The Balaban J connectivity index is 1.52. The van der Waals surface area contributed by atoms with Crippen molar-refractivity contribution < 1.29 is 4.52 Å². The molecule has 0 radical (unpaired) electrons. The van der Waals surface area contributed by atoms with Gasteiger partial charge in [0, 0.05) is 18.0 Å². The second kappa shape index (κ2) is 6.46. The summed E-state index contributed by atoms with van der Waals surface area (Å²) in [5, 5.41) is 9.73. The van der Waals surface area contributed by atoms with Crippen molar-refractivity contribution in [3.8, 4) is 11.5 Å². The lowest BCUT2D eigenvalue weighted by molar-refractivity contribution is 0.324. The Hall–Kier alpha value is -2.27. The van der Waals surface area contributed by atoms with E-state index in [0.717, 1.165) is 48.3 Å². The minimum Gasteiger partial charge on any atom is -0.339 e. The Bertz CT molecular complexity index is 787. The van der Waals surface area contributed by atoms with Crippen LogP contribution in [-0.4, -0.2) is 28.2 Å². The van der Waals surface area contributed by atoms with Gasteiger partial charge in [0.2, 0.25) is 11.7 Å². The number of pyridine rings is 1. The number of hydrogen-bond donors (Lipinski definition) is 1. The van der Waals surface area contributed by atoms with Crippen LogP contribution in [0, 0.1) is 5.92 Å². The largest absolute Gasteiger partial charge is 0.339 e. The molecular weight excluding hydrogens is 288 g/mol. The van der Waals surface area contributed by atoms with Gasteiger partial charge < -0.3 is 9.84 Å². The Morgan fingerprint density at radius 2 is 2.00 bits per heavy atom. The molecule has 1 aliphatic rings. The third-order valence-corrected chi connectivity index (χ3v) is 4.58. The van der Waals surface area contributed by atoms with Gasteiger partial charge in [-0.1, -0.05) is 29.4 Å². The molecule has 0 saturated carbocycles. The number of rotatable bonds is 4. The summed E-state index contributed by atoms with van der Waals surface area (Å²) >= 11 is 0. The average molecular weight is 308 g/mol. The Morgan fingerprint density at radius 3 is 2.91 bits per heavy atom. The second-order valence-electron chi connectivity index (χ2n) is 6.12. The molecule has 0 aliphatic carbocycles. The van der Waals surface area contributed by atoms with Crippen LogP contribution < -0.4 is 5.32 Å². The maximum atomic E-state index is 5.44. The first-order valence-electron chi connectivity index (χ1n) is 8.27. The molecule has 0 unspecified atom stereocenters. The molecule has 3 aromatic rings. The van der Waals surface area contributed by atoms with Crippen LogP contribution in [-0.2, 0) is 6.42 Å². The molecule has 2 aromatic heterocycles. The van der Waals surface area contributed by atoms with Gasteiger partial charge in [-0.3, -0.25) is 4.98 Å². The molecule has 1 N–H and O–H groups in total. The van der Waals surface area contributed by atoms with E-state index in [-0.39, 0.29) is 0 Å². The molecule has 1 fully saturated rings. The third kappa shape index (κ3) is 3.10.